The number of benzene rings is 1. The van der Waals surface area contributed by atoms with Gasteiger partial charge in [0.1, 0.15) is 0 Å². The summed E-state index contributed by atoms with van der Waals surface area (Å²) in [6.45, 7) is 6.79. The average molecular weight is 252 g/mol. The zero-order chi connectivity index (χ0) is 13.5. The highest BCUT2D eigenvalue weighted by atomic mass is 14.9. The SMILES string of the molecule is C=CCC(NCc1ccc(C)cc1)c1cccnc1. The molecule has 0 radical (unpaired) electrons. The van der Waals surface area contributed by atoms with Gasteiger partial charge in [-0.25, -0.2) is 0 Å². The maximum Gasteiger partial charge on any atom is 0.0373 e. The lowest BCUT2D eigenvalue weighted by Crippen LogP contribution is -2.20. The van der Waals surface area contributed by atoms with Crippen molar-refractivity contribution in [2.24, 2.45) is 0 Å². The fraction of sp³-hybridized carbons (Fsp3) is 0.235. The van der Waals surface area contributed by atoms with Gasteiger partial charge in [0.05, 0.1) is 0 Å². The number of aryl methyl sites for hydroxylation is 1. The Labute approximate surface area is 115 Å². The zero-order valence-electron chi connectivity index (χ0n) is 11.3. The fourth-order valence-electron chi connectivity index (χ4n) is 2.03. The number of nitrogens with zero attached hydrogens (tertiary/aromatic N) is 1. The second-order valence-electron chi connectivity index (χ2n) is 4.73. The van der Waals surface area contributed by atoms with Crippen LogP contribution in [0.3, 0.4) is 0 Å². The molecular weight excluding hydrogens is 232 g/mol. The minimum absolute atomic E-state index is 0.271. The molecule has 1 unspecified atom stereocenters. The van der Waals surface area contributed by atoms with E-state index in [0.29, 0.717) is 0 Å². The second kappa shape index (κ2) is 6.86. The molecule has 0 spiro atoms. The summed E-state index contributed by atoms with van der Waals surface area (Å²) in [5, 5.41) is 3.56. The minimum atomic E-state index is 0.271. The number of pyridine rings is 1. The summed E-state index contributed by atoms with van der Waals surface area (Å²) in [5.74, 6) is 0. The van der Waals surface area contributed by atoms with E-state index >= 15 is 0 Å². The van der Waals surface area contributed by atoms with Crippen LogP contribution in [0.2, 0.25) is 0 Å². The van der Waals surface area contributed by atoms with Crippen LogP contribution < -0.4 is 5.32 Å². The van der Waals surface area contributed by atoms with Crippen molar-refractivity contribution >= 4 is 0 Å². The Balaban J connectivity index is 2.01. The third-order valence-corrected chi connectivity index (χ3v) is 3.16. The van der Waals surface area contributed by atoms with Gasteiger partial charge in [-0.2, -0.15) is 0 Å². The molecule has 1 N–H and O–H groups in total. The lowest BCUT2D eigenvalue weighted by Gasteiger charge is -2.17. The van der Waals surface area contributed by atoms with Crippen molar-refractivity contribution in [1.29, 1.82) is 0 Å². The molecule has 0 bridgehead atoms. The molecule has 2 rings (SSSR count). The molecule has 1 aromatic heterocycles. The number of aromatic nitrogens is 1. The van der Waals surface area contributed by atoms with Crippen molar-refractivity contribution in [2.45, 2.75) is 25.9 Å². The molecule has 1 atom stereocenters. The summed E-state index contributed by atoms with van der Waals surface area (Å²) in [4.78, 5) is 4.18. The molecule has 0 saturated heterocycles. The Morgan fingerprint density at radius 2 is 2.05 bits per heavy atom. The highest BCUT2D eigenvalue weighted by Crippen LogP contribution is 2.16. The van der Waals surface area contributed by atoms with Gasteiger partial charge >= 0.3 is 0 Å². The molecule has 0 amide bonds. The first-order chi connectivity index (χ1) is 9.29. The van der Waals surface area contributed by atoms with Gasteiger partial charge in [-0.05, 0) is 30.5 Å². The van der Waals surface area contributed by atoms with Gasteiger partial charge in [0.15, 0.2) is 0 Å². The first kappa shape index (κ1) is 13.5. The molecule has 0 aliphatic heterocycles. The molecule has 19 heavy (non-hydrogen) atoms. The van der Waals surface area contributed by atoms with Crippen LogP contribution in [0.15, 0.2) is 61.4 Å². The summed E-state index contributed by atoms with van der Waals surface area (Å²) in [5.41, 5.74) is 3.79. The summed E-state index contributed by atoms with van der Waals surface area (Å²) >= 11 is 0. The number of hydrogen-bond donors (Lipinski definition) is 1. The Bertz CT molecular complexity index is 503. The maximum absolute atomic E-state index is 4.18. The van der Waals surface area contributed by atoms with Crippen LogP contribution in [-0.4, -0.2) is 4.98 Å². The minimum Gasteiger partial charge on any atom is -0.306 e. The third-order valence-electron chi connectivity index (χ3n) is 3.16. The van der Waals surface area contributed by atoms with E-state index in [4.69, 9.17) is 0 Å². The molecule has 2 nitrogen and oxygen atoms in total. The van der Waals surface area contributed by atoms with E-state index in [0.717, 1.165) is 13.0 Å². The summed E-state index contributed by atoms with van der Waals surface area (Å²) < 4.78 is 0. The highest BCUT2D eigenvalue weighted by Gasteiger charge is 2.08. The van der Waals surface area contributed by atoms with Crippen LogP contribution in [0, 0.1) is 6.92 Å². The molecule has 0 aliphatic rings. The molecule has 0 saturated carbocycles. The van der Waals surface area contributed by atoms with Gasteiger partial charge in [-0.3, -0.25) is 4.98 Å². The van der Waals surface area contributed by atoms with E-state index in [1.54, 1.807) is 6.20 Å². The molecule has 0 aliphatic carbocycles. The predicted octanol–water partition coefficient (Wildman–Crippen LogP) is 3.80. The summed E-state index contributed by atoms with van der Waals surface area (Å²) in [6.07, 6.45) is 6.56. The van der Waals surface area contributed by atoms with E-state index in [2.05, 4.69) is 54.1 Å². The van der Waals surface area contributed by atoms with Crippen molar-refractivity contribution < 1.29 is 0 Å². The molecular formula is C17H20N2. The van der Waals surface area contributed by atoms with Crippen molar-refractivity contribution in [1.82, 2.24) is 10.3 Å². The molecule has 0 fully saturated rings. The topological polar surface area (TPSA) is 24.9 Å². The van der Waals surface area contributed by atoms with Gasteiger partial charge in [0.25, 0.3) is 0 Å². The van der Waals surface area contributed by atoms with Crippen LogP contribution in [0.1, 0.15) is 29.2 Å². The Hall–Kier alpha value is -1.93. The monoisotopic (exact) mass is 252 g/mol. The van der Waals surface area contributed by atoms with E-state index in [1.165, 1.54) is 16.7 Å². The quantitative estimate of drug-likeness (QED) is 0.791. The predicted molar refractivity (Wildman–Crippen MR) is 79.8 cm³/mol. The zero-order valence-corrected chi connectivity index (χ0v) is 11.3. The summed E-state index contributed by atoms with van der Waals surface area (Å²) in [7, 11) is 0. The van der Waals surface area contributed by atoms with Gasteiger partial charge in [-0.15, -0.1) is 6.58 Å². The first-order valence-electron chi connectivity index (χ1n) is 6.59. The molecule has 2 aromatic rings. The van der Waals surface area contributed by atoms with E-state index in [1.807, 2.05) is 18.3 Å². The van der Waals surface area contributed by atoms with Crippen LogP contribution in [-0.2, 0) is 6.54 Å². The smallest absolute Gasteiger partial charge is 0.0373 e. The Morgan fingerprint density at radius 1 is 1.26 bits per heavy atom. The van der Waals surface area contributed by atoms with E-state index < -0.39 is 0 Å². The van der Waals surface area contributed by atoms with Crippen LogP contribution in [0.4, 0.5) is 0 Å². The fourth-order valence-corrected chi connectivity index (χ4v) is 2.03. The lowest BCUT2D eigenvalue weighted by molar-refractivity contribution is 0.537. The molecule has 1 aromatic carbocycles. The molecule has 1 heterocycles. The number of rotatable bonds is 6. The van der Waals surface area contributed by atoms with Gasteiger partial charge in [0.2, 0.25) is 0 Å². The lowest BCUT2D eigenvalue weighted by atomic mass is 10.1. The second-order valence-corrected chi connectivity index (χ2v) is 4.73. The maximum atomic E-state index is 4.18. The van der Waals surface area contributed by atoms with Crippen LogP contribution in [0.5, 0.6) is 0 Å². The largest absolute Gasteiger partial charge is 0.306 e. The van der Waals surface area contributed by atoms with E-state index in [-0.39, 0.29) is 6.04 Å². The standard InChI is InChI=1S/C17H20N2/c1-3-5-17(16-6-4-11-18-13-16)19-12-15-9-7-14(2)8-10-15/h3-4,6-11,13,17,19H,1,5,12H2,2H3. The van der Waals surface area contributed by atoms with Crippen molar-refractivity contribution in [2.75, 3.05) is 0 Å². The number of nitrogens with one attached hydrogen (secondary N) is 1. The van der Waals surface area contributed by atoms with Crippen LogP contribution >= 0.6 is 0 Å². The Morgan fingerprint density at radius 3 is 2.68 bits per heavy atom. The first-order valence-corrected chi connectivity index (χ1v) is 6.59. The van der Waals surface area contributed by atoms with Gasteiger partial charge in [-0.1, -0.05) is 42.0 Å². The van der Waals surface area contributed by atoms with Gasteiger partial charge < -0.3 is 5.32 Å². The van der Waals surface area contributed by atoms with Crippen molar-refractivity contribution in [3.8, 4) is 0 Å². The molecule has 98 valence electrons. The van der Waals surface area contributed by atoms with Crippen LogP contribution in [0.25, 0.3) is 0 Å². The average Bonchev–Trinajstić information content (AvgIpc) is 2.46. The summed E-state index contributed by atoms with van der Waals surface area (Å²) in [6, 6.07) is 13.0. The van der Waals surface area contributed by atoms with E-state index in [9.17, 15) is 0 Å². The van der Waals surface area contributed by atoms with Crippen molar-refractivity contribution in [3.05, 3.63) is 78.1 Å². The highest BCUT2D eigenvalue weighted by molar-refractivity contribution is 5.22. The van der Waals surface area contributed by atoms with Gasteiger partial charge in [0, 0.05) is 25.0 Å². The third kappa shape index (κ3) is 4.04. The van der Waals surface area contributed by atoms with Crippen molar-refractivity contribution in [3.63, 3.8) is 0 Å². The normalized spacial score (nSPS) is 12.1. The molecule has 2 heteroatoms. The Kier molecular flexibility index (Phi) is 4.87. The number of hydrogen-bond acceptors (Lipinski definition) is 2.